The molecule has 9 nitrogen and oxygen atoms in total. The van der Waals surface area contributed by atoms with E-state index < -0.39 is 0 Å². The van der Waals surface area contributed by atoms with E-state index in [0.717, 1.165) is 55.0 Å². The summed E-state index contributed by atoms with van der Waals surface area (Å²) < 4.78 is 6.82. The molecule has 1 aliphatic rings. The average Bonchev–Trinajstić information content (AvgIpc) is 3.26. The molecule has 0 atom stereocenters. The number of rotatable bonds is 10. The molecule has 1 aliphatic heterocycles. The summed E-state index contributed by atoms with van der Waals surface area (Å²) in [6, 6.07) is 13.0. The lowest BCUT2D eigenvalue weighted by Gasteiger charge is -2.26. The van der Waals surface area contributed by atoms with Gasteiger partial charge >= 0.3 is 5.97 Å². The number of carbonyl (C=O) groups excluding carboxylic acids is 2. The van der Waals surface area contributed by atoms with Crippen molar-refractivity contribution in [2.45, 2.75) is 19.4 Å². The van der Waals surface area contributed by atoms with Crippen LogP contribution in [0.1, 0.15) is 28.8 Å². The number of nitrogens with two attached hydrogens (primary N) is 1. The molecule has 1 fully saturated rings. The van der Waals surface area contributed by atoms with Crippen molar-refractivity contribution in [3.05, 3.63) is 53.6 Å². The number of fused-ring (bicyclic) bond motifs is 1. The van der Waals surface area contributed by atoms with Crippen LogP contribution in [0.5, 0.6) is 0 Å². The molecular weight excluding hydrogens is 512 g/mol. The molecule has 1 amide bonds. The van der Waals surface area contributed by atoms with Crippen LogP contribution >= 0.6 is 24.2 Å². The van der Waals surface area contributed by atoms with Crippen LogP contribution in [0.25, 0.3) is 22.4 Å². The third-order valence-corrected chi connectivity index (χ3v) is 7.21. The second-order valence-corrected chi connectivity index (χ2v) is 9.90. The Hall–Kier alpha value is -3.08. The summed E-state index contributed by atoms with van der Waals surface area (Å²) in [6.45, 7) is 4.30. The summed E-state index contributed by atoms with van der Waals surface area (Å²) >= 11 is 2.01. The number of amides is 1. The molecule has 37 heavy (non-hydrogen) atoms. The van der Waals surface area contributed by atoms with Crippen molar-refractivity contribution in [2.75, 3.05) is 44.8 Å². The van der Waals surface area contributed by atoms with E-state index in [0.29, 0.717) is 11.1 Å². The first-order chi connectivity index (χ1) is 17.5. The van der Waals surface area contributed by atoms with E-state index in [9.17, 15) is 9.59 Å². The Morgan fingerprint density at radius 2 is 1.81 bits per heavy atom. The maximum absolute atomic E-state index is 12.6. The summed E-state index contributed by atoms with van der Waals surface area (Å²) in [5.41, 5.74) is 9.39. The smallest absolute Gasteiger partial charge is 0.307 e. The van der Waals surface area contributed by atoms with Gasteiger partial charge in [0.05, 0.1) is 24.6 Å². The highest BCUT2D eigenvalue weighted by Crippen LogP contribution is 2.27. The number of carbonyl (C=O) groups is 2. The molecule has 2 aromatic carbocycles. The molecule has 2 heterocycles. The number of thioether (sulfide) groups is 1. The summed E-state index contributed by atoms with van der Waals surface area (Å²) in [5, 5.41) is 10.4. The van der Waals surface area contributed by atoms with E-state index in [1.165, 1.54) is 18.6 Å². The summed E-state index contributed by atoms with van der Waals surface area (Å²) in [7, 11) is 1.32. The Labute approximate surface area is 227 Å². The number of amidine groups is 1. The molecule has 198 valence electrons. The van der Waals surface area contributed by atoms with Gasteiger partial charge in [-0.25, -0.2) is 4.98 Å². The van der Waals surface area contributed by atoms with Crippen molar-refractivity contribution in [3.63, 3.8) is 0 Å². The SMILES string of the molecule is COC(=O)CCNC(=O)c1ccc2c(c1)nc(-c1ccc(C(=N)N)cc1)n2CCCN1CCSCC1.Cl. The molecule has 11 heteroatoms. The van der Waals surface area contributed by atoms with Crippen molar-refractivity contribution >= 4 is 52.9 Å². The second kappa shape index (κ2) is 13.5. The van der Waals surface area contributed by atoms with Gasteiger partial charge in [0.1, 0.15) is 11.7 Å². The Kier molecular flexibility index (Phi) is 10.4. The molecule has 4 rings (SSSR count). The van der Waals surface area contributed by atoms with Gasteiger partial charge in [0.2, 0.25) is 0 Å². The topological polar surface area (TPSA) is 126 Å². The van der Waals surface area contributed by atoms with Gasteiger partial charge in [0.25, 0.3) is 5.91 Å². The number of benzene rings is 2. The minimum Gasteiger partial charge on any atom is -0.469 e. The number of hydrogen-bond donors (Lipinski definition) is 3. The first-order valence-electron chi connectivity index (χ1n) is 12.1. The van der Waals surface area contributed by atoms with Gasteiger partial charge < -0.3 is 25.3 Å². The third-order valence-electron chi connectivity index (χ3n) is 6.27. The zero-order valence-electron chi connectivity index (χ0n) is 20.9. The number of aryl methyl sites for hydroxylation is 1. The monoisotopic (exact) mass is 544 g/mol. The number of ether oxygens (including phenoxy) is 1. The highest BCUT2D eigenvalue weighted by atomic mass is 35.5. The summed E-state index contributed by atoms with van der Waals surface area (Å²) in [4.78, 5) is 31.3. The first kappa shape index (κ1) is 28.5. The molecule has 0 radical (unpaired) electrons. The number of halogens is 1. The number of imidazole rings is 1. The van der Waals surface area contributed by atoms with Crippen LogP contribution in [-0.4, -0.2) is 77.0 Å². The lowest BCUT2D eigenvalue weighted by atomic mass is 10.1. The van der Waals surface area contributed by atoms with E-state index in [2.05, 4.69) is 19.5 Å². The molecule has 1 aromatic heterocycles. The Morgan fingerprint density at radius 3 is 2.49 bits per heavy atom. The minimum atomic E-state index is -0.367. The van der Waals surface area contributed by atoms with Crippen molar-refractivity contribution < 1.29 is 14.3 Å². The van der Waals surface area contributed by atoms with Gasteiger partial charge in [0, 0.05) is 54.4 Å². The maximum Gasteiger partial charge on any atom is 0.307 e. The lowest BCUT2D eigenvalue weighted by molar-refractivity contribution is -0.140. The lowest BCUT2D eigenvalue weighted by Crippen LogP contribution is -2.33. The van der Waals surface area contributed by atoms with Gasteiger partial charge in [-0.05, 0) is 31.2 Å². The molecule has 0 saturated carbocycles. The number of methoxy groups -OCH3 is 1. The maximum atomic E-state index is 12.6. The summed E-state index contributed by atoms with van der Waals surface area (Å²) in [5.74, 6) is 2.59. The van der Waals surface area contributed by atoms with Crippen molar-refractivity contribution in [1.29, 1.82) is 5.41 Å². The fourth-order valence-electron chi connectivity index (χ4n) is 4.28. The van der Waals surface area contributed by atoms with Crippen molar-refractivity contribution in [2.24, 2.45) is 5.73 Å². The number of nitrogens with zero attached hydrogens (tertiary/aromatic N) is 3. The highest BCUT2D eigenvalue weighted by Gasteiger charge is 2.17. The number of nitrogen functional groups attached to an aromatic ring is 1. The predicted octanol–water partition coefficient (Wildman–Crippen LogP) is 3.14. The van der Waals surface area contributed by atoms with E-state index in [1.54, 1.807) is 12.1 Å². The predicted molar refractivity (Wildman–Crippen MR) is 151 cm³/mol. The van der Waals surface area contributed by atoms with Crippen LogP contribution in [0.2, 0.25) is 0 Å². The second-order valence-electron chi connectivity index (χ2n) is 8.67. The van der Waals surface area contributed by atoms with Crippen LogP contribution < -0.4 is 11.1 Å². The molecule has 3 aromatic rings. The normalized spacial score (nSPS) is 13.6. The highest BCUT2D eigenvalue weighted by molar-refractivity contribution is 7.99. The number of esters is 1. The van der Waals surface area contributed by atoms with Gasteiger partial charge in [-0.2, -0.15) is 11.8 Å². The van der Waals surface area contributed by atoms with Crippen LogP contribution in [0.3, 0.4) is 0 Å². The van der Waals surface area contributed by atoms with Crippen LogP contribution in [0.4, 0.5) is 0 Å². The quantitative estimate of drug-likeness (QED) is 0.203. The Morgan fingerprint density at radius 1 is 1.11 bits per heavy atom. The zero-order chi connectivity index (χ0) is 25.5. The van der Waals surface area contributed by atoms with Gasteiger partial charge in [-0.3, -0.25) is 15.0 Å². The number of aromatic nitrogens is 2. The number of hydrogen-bond acceptors (Lipinski definition) is 7. The zero-order valence-corrected chi connectivity index (χ0v) is 22.5. The van der Waals surface area contributed by atoms with E-state index in [4.69, 9.17) is 16.1 Å². The molecule has 0 bridgehead atoms. The van der Waals surface area contributed by atoms with Crippen LogP contribution in [-0.2, 0) is 16.1 Å². The van der Waals surface area contributed by atoms with Gasteiger partial charge in [0.15, 0.2) is 0 Å². The molecule has 0 unspecified atom stereocenters. The van der Waals surface area contributed by atoms with Crippen molar-refractivity contribution in [1.82, 2.24) is 19.8 Å². The van der Waals surface area contributed by atoms with Crippen LogP contribution in [0.15, 0.2) is 42.5 Å². The standard InChI is InChI=1S/C26H32N6O3S.ClH/c1-35-23(33)9-10-29-26(34)20-7-8-22-21(17-20)30-25(19-5-3-18(4-6-19)24(27)28)32(22)12-2-11-31-13-15-36-16-14-31;/h3-8,17H,2,9-16H2,1H3,(H3,27,28)(H,29,34);1H. The fourth-order valence-corrected chi connectivity index (χ4v) is 5.25. The van der Waals surface area contributed by atoms with Crippen LogP contribution in [0, 0.1) is 5.41 Å². The van der Waals surface area contributed by atoms with E-state index in [1.807, 2.05) is 42.1 Å². The molecule has 0 spiro atoms. The molecule has 1 saturated heterocycles. The molecule has 0 aliphatic carbocycles. The van der Waals surface area contributed by atoms with Gasteiger partial charge in [-0.1, -0.05) is 24.3 Å². The third kappa shape index (κ3) is 7.24. The van der Waals surface area contributed by atoms with Crippen molar-refractivity contribution in [3.8, 4) is 11.4 Å². The largest absolute Gasteiger partial charge is 0.469 e. The Balaban J connectivity index is 0.00000380. The average molecular weight is 545 g/mol. The van der Waals surface area contributed by atoms with Gasteiger partial charge in [-0.15, -0.1) is 12.4 Å². The number of nitrogens with one attached hydrogen (secondary N) is 2. The van der Waals surface area contributed by atoms with E-state index in [-0.39, 0.29) is 43.1 Å². The van der Waals surface area contributed by atoms with E-state index >= 15 is 0 Å². The molecule has 4 N–H and O–H groups in total. The fraction of sp³-hybridized carbons (Fsp3) is 0.385. The first-order valence-corrected chi connectivity index (χ1v) is 13.2. The minimum absolute atomic E-state index is 0. The summed E-state index contributed by atoms with van der Waals surface area (Å²) in [6.07, 6.45) is 1.11. The Bertz CT molecular complexity index is 1240. The molecular formula is C26H33ClN6O3S.